The Bertz CT molecular complexity index is 601. The Labute approximate surface area is 141 Å². The average Bonchev–Trinajstić information content (AvgIpc) is 3.02. The molecular weight excluding hydrogens is 343 g/mol. The molecule has 5 nitrogen and oxygen atoms in total. The number of sulfonamides is 1. The van der Waals surface area contributed by atoms with Crippen molar-refractivity contribution in [2.45, 2.75) is 18.9 Å². The van der Waals surface area contributed by atoms with E-state index in [2.05, 4.69) is 9.62 Å². The number of nitrogens with zero attached hydrogens (tertiary/aromatic N) is 1. The van der Waals surface area contributed by atoms with Gasteiger partial charge >= 0.3 is 0 Å². The predicted octanol–water partition coefficient (Wildman–Crippen LogP) is 2.18. The molecule has 1 aliphatic heterocycles. The molecule has 1 aromatic carbocycles. The van der Waals surface area contributed by atoms with Gasteiger partial charge in [-0.25, -0.2) is 17.5 Å². The van der Waals surface area contributed by atoms with E-state index in [1.54, 1.807) is 12.1 Å². The first-order valence-corrected chi connectivity index (χ1v) is 9.62. The van der Waals surface area contributed by atoms with Gasteiger partial charge in [-0.3, -0.25) is 4.90 Å². The highest BCUT2D eigenvalue weighted by Crippen LogP contribution is 2.32. The van der Waals surface area contributed by atoms with Crippen LogP contribution in [0.4, 0.5) is 4.39 Å². The molecular formula is C15H22ClFN2O3S. The summed E-state index contributed by atoms with van der Waals surface area (Å²) in [5, 5.41) is 0.318. The number of halogens is 2. The van der Waals surface area contributed by atoms with Crippen LogP contribution in [0.1, 0.15) is 24.4 Å². The van der Waals surface area contributed by atoms with Gasteiger partial charge < -0.3 is 4.74 Å². The molecule has 1 unspecified atom stereocenters. The maximum atomic E-state index is 14.3. The molecule has 0 saturated carbocycles. The molecule has 0 amide bonds. The molecule has 1 aliphatic rings. The van der Waals surface area contributed by atoms with Gasteiger partial charge in [0, 0.05) is 24.2 Å². The molecule has 1 saturated heterocycles. The standard InChI is InChI=1S/C15H22ClFN2O3S/c1-22-9-10-23(20,21)18-11-14(19-7-2-3-8-19)15-12(16)5-4-6-13(15)17/h4-6,14,18H,2-3,7-11H2,1H3. The molecule has 130 valence electrons. The Morgan fingerprint density at radius 3 is 2.70 bits per heavy atom. The highest BCUT2D eigenvalue weighted by molar-refractivity contribution is 7.89. The second kappa shape index (κ2) is 8.39. The van der Waals surface area contributed by atoms with Gasteiger partial charge in [0.15, 0.2) is 0 Å². The van der Waals surface area contributed by atoms with Crippen molar-refractivity contribution in [3.63, 3.8) is 0 Å². The summed E-state index contributed by atoms with van der Waals surface area (Å²) in [6.45, 7) is 1.81. The number of nitrogens with one attached hydrogen (secondary N) is 1. The SMILES string of the molecule is COCCS(=O)(=O)NCC(c1c(F)cccc1Cl)N1CCCC1. The zero-order valence-electron chi connectivity index (χ0n) is 13.1. The van der Waals surface area contributed by atoms with Crippen LogP contribution in [0.2, 0.25) is 5.02 Å². The zero-order valence-corrected chi connectivity index (χ0v) is 14.7. The highest BCUT2D eigenvalue weighted by atomic mass is 35.5. The van der Waals surface area contributed by atoms with Gasteiger partial charge in [0.05, 0.1) is 18.4 Å². The van der Waals surface area contributed by atoms with Crippen molar-refractivity contribution < 1.29 is 17.5 Å². The van der Waals surface area contributed by atoms with Crippen LogP contribution in [0.15, 0.2) is 18.2 Å². The highest BCUT2D eigenvalue weighted by Gasteiger charge is 2.28. The number of hydrogen-bond donors (Lipinski definition) is 1. The summed E-state index contributed by atoms with van der Waals surface area (Å²) in [4.78, 5) is 2.07. The van der Waals surface area contributed by atoms with Crippen LogP contribution in [-0.4, -0.2) is 52.4 Å². The van der Waals surface area contributed by atoms with Crippen molar-refractivity contribution in [3.05, 3.63) is 34.6 Å². The lowest BCUT2D eigenvalue weighted by Crippen LogP contribution is -2.38. The number of methoxy groups -OCH3 is 1. The van der Waals surface area contributed by atoms with E-state index in [4.69, 9.17) is 16.3 Å². The normalized spacial score (nSPS) is 17.5. The van der Waals surface area contributed by atoms with E-state index < -0.39 is 21.9 Å². The topological polar surface area (TPSA) is 58.6 Å². The van der Waals surface area contributed by atoms with Crippen LogP contribution in [0.5, 0.6) is 0 Å². The van der Waals surface area contributed by atoms with Crippen molar-refractivity contribution in [2.75, 3.05) is 39.1 Å². The van der Waals surface area contributed by atoms with Crippen molar-refractivity contribution in [1.82, 2.24) is 9.62 Å². The third-order valence-corrected chi connectivity index (χ3v) is 5.61. The summed E-state index contributed by atoms with van der Waals surface area (Å²) in [5.41, 5.74) is 0.352. The number of likely N-dealkylation sites (tertiary alicyclic amines) is 1. The van der Waals surface area contributed by atoms with Crippen LogP contribution in [0.25, 0.3) is 0 Å². The maximum Gasteiger partial charge on any atom is 0.213 e. The Morgan fingerprint density at radius 1 is 1.39 bits per heavy atom. The van der Waals surface area contributed by atoms with Crippen molar-refractivity contribution in [2.24, 2.45) is 0 Å². The Hall–Kier alpha value is -0.730. The lowest BCUT2D eigenvalue weighted by Gasteiger charge is -2.29. The first-order chi connectivity index (χ1) is 10.9. The van der Waals surface area contributed by atoms with Crippen LogP contribution >= 0.6 is 11.6 Å². The maximum absolute atomic E-state index is 14.3. The van der Waals surface area contributed by atoms with Gasteiger partial charge in [0.1, 0.15) is 5.82 Å². The fourth-order valence-corrected chi connectivity index (χ4v) is 4.00. The van der Waals surface area contributed by atoms with Crippen LogP contribution in [0, 0.1) is 5.82 Å². The van der Waals surface area contributed by atoms with E-state index in [1.807, 2.05) is 0 Å². The number of benzene rings is 1. The monoisotopic (exact) mass is 364 g/mol. The van der Waals surface area contributed by atoms with Gasteiger partial charge in [0.2, 0.25) is 10.0 Å². The Kier molecular flexibility index (Phi) is 6.79. The molecule has 23 heavy (non-hydrogen) atoms. The third-order valence-electron chi connectivity index (χ3n) is 3.97. The van der Waals surface area contributed by atoms with E-state index in [0.717, 1.165) is 25.9 Å². The minimum atomic E-state index is -3.47. The fraction of sp³-hybridized carbons (Fsp3) is 0.600. The summed E-state index contributed by atoms with van der Waals surface area (Å²) in [6, 6.07) is 4.11. The van der Waals surface area contributed by atoms with Gasteiger partial charge in [-0.15, -0.1) is 0 Å². The molecule has 0 aliphatic carbocycles. The van der Waals surface area contributed by atoms with Gasteiger partial charge in [-0.2, -0.15) is 0 Å². The molecule has 1 fully saturated rings. The summed E-state index contributed by atoms with van der Waals surface area (Å²) in [5.74, 6) is -0.535. The van der Waals surface area contributed by atoms with Crippen molar-refractivity contribution in [1.29, 1.82) is 0 Å². The summed E-state index contributed by atoms with van der Waals surface area (Å²) < 4.78 is 45.6. The van der Waals surface area contributed by atoms with E-state index in [1.165, 1.54) is 13.2 Å². The first kappa shape index (κ1) is 18.6. The Balaban J connectivity index is 2.19. The molecule has 0 radical (unpaired) electrons. The molecule has 1 N–H and O–H groups in total. The van der Waals surface area contributed by atoms with Crippen LogP contribution in [0.3, 0.4) is 0 Å². The quantitative estimate of drug-likeness (QED) is 0.768. The second-order valence-electron chi connectivity index (χ2n) is 5.55. The van der Waals surface area contributed by atoms with Crippen molar-refractivity contribution in [3.8, 4) is 0 Å². The molecule has 1 aromatic rings. The molecule has 0 aromatic heterocycles. The molecule has 0 spiro atoms. The minimum absolute atomic E-state index is 0.0900. The lowest BCUT2D eigenvalue weighted by molar-refractivity contribution is 0.216. The number of hydrogen-bond acceptors (Lipinski definition) is 4. The smallest absolute Gasteiger partial charge is 0.213 e. The predicted molar refractivity (Wildman–Crippen MR) is 88.6 cm³/mol. The minimum Gasteiger partial charge on any atom is -0.384 e. The number of rotatable bonds is 8. The molecule has 1 heterocycles. The molecule has 1 atom stereocenters. The third kappa shape index (κ3) is 5.12. The molecule has 8 heteroatoms. The van der Waals surface area contributed by atoms with E-state index in [0.29, 0.717) is 10.6 Å². The summed E-state index contributed by atoms with van der Waals surface area (Å²) in [6.07, 6.45) is 2.03. The second-order valence-corrected chi connectivity index (χ2v) is 7.89. The Morgan fingerprint density at radius 2 is 2.09 bits per heavy atom. The summed E-state index contributed by atoms with van der Waals surface area (Å²) in [7, 11) is -2.02. The molecule has 2 rings (SSSR count). The van der Waals surface area contributed by atoms with E-state index in [9.17, 15) is 12.8 Å². The number of ether oxygens (including phenoxy) is 1. The average molecular weight is 365 g/mol. The lowest BCUT2D eigenvalue weighted by atomic mass is 10.0. The fourth-order valence-electron chi connectivity index (χ4n) is 2.77. The first-order valence-electron chi connectivity index (χ1n) is 7.59. The molecule has 0 bridgehead atoms. The van der Waals surface area contributed by atoms with Crippen LogP contribution in [-0.2, 0) is 14.8 Å². The largest absolute Gasteiger partial charge is 0.384 e. The van der Waals surface area contributed by atoms with Gasteiger partial charge in [0.25, 0.3) is 0 Å². The summed E-state index contributed by atoms with van der Waals surface area (Å²) >= 11 is 6.17. The van der Waals surface area contributed by atoms with Gasteiger partial charge in [-0.1, -0.05) is 17.7 Å². The van der Waals surface area contributed by atoms with Crippen LogP contribution < -0.4 is 4.72 Å². The van der Waals surface area contributed by atoms with E-state index in [-0.39, 0.29) is 18.9 Å². The zero-order chi connectivity index (χ0) is 16.9. The van der Waals surface area contributed by atoms with Crippen molar-refractivity contribution >= 4 is 21.6 Å². The van der Waals surface area contributed by atoms with Gasteiger partial charge in [-0.05, 0) is 38.1 Å². The van der Waals surface area contributed by atoms with E-state index >= 15 is 0 Å².